The molecule has 0 unspecified atom stereocenters. The fourth-order valence-corrected chi connectivity index (χ4v) is 3.22. The number of hydrogen-bond donors (Lipinski definition) is 0. The molecule has 1 aromatic heterocycles. The summed E-state index contributed by atoms with van der Waals surface area (Å²) in [7, 11) is 0. The standard InChI is InChI=1S/C22H20N2O2/c25-22-19(14-17-4-2-1-3-5-17)7-6-18-15-20(8-9-21(18)22)26-13-12-24-11-10-23-16-24/h1-5,8-11,14-16H,6-7,12-13H2. The van der Waals surface area contributed by atoms with E-state index in [-0.39, 0.29) is 5.78 Å². The number of rotatable bonds is 5. The van der Waals surface area contributed by atoms with Crippen molar-refractivity contribution in [1.29, 1.82) is 0 Å². The van der Waals surface area contributed by atoms with E-state index in [4.69, 9.17) is 4.74 Å². The highest BCUT2D eigenvalue weighted by molar-refractivity contribution is 6.13. The second-order valence-corrected chi connectivity index (χ2v) is 6.38. The predicted octanol–water partition coefficient (Wildman–Crippen LogP) is 4.17. The lowest BCUT2D eigenvalue weighted by molar-refractivity contribution is 0.102. The molecule has 4 rings (SSSR count). The van der Waals surface area contributed by atoms with Crippen molar-refractivity contribution in [1.82, 2.24) is 9.55 Å². The highest BCUT2D eigenvalue weighted by Gasteiger charge is 2.22. The smallest absolute Gasteiger partial charge is 0.189 e. The summed E-state index contributed by atoms with van der Waals surface area (Å²) in [6, 6.07) is 15.8. The lowest BCUT2D eigenvalue weighted by Gasteiger charge is -2.19. The van der Waals surface area contributed by atoms with Crippen molar-refractivity contribution >= 4 is 11.9 Å². The minimum Gasteiger partial charge on any atom is -0.492 e. The van der Waals surface area contributed by atoms with Crippen molar-refractivity contribution in [2.45, 2.75) is 19.4 Å². The van der Waals surface area contributed by atoms with Gasteiger partial charge in [-0.3, -0.25) is 4.79 Å². The number of imidazole rings is 1. The quantitative estimate of drug-likeness (QED) is 0.652. The van der Waals surface area contributed by atoms with E-state index >= 15 is 0 Å². The SMILES string of the molecule is O=C1C(=Cc2ccccc2)CCc2cc(OCCn3ccnc3)ccc21. The largest absolute Gasteiger partial charge is 0.492 e. The number of carbonyl (C=O) groups is 1. The number of benzene rings is 2. The van der Waals surface area contributed by atoms with Gasteiger partial charge in [-0.2, -0.15) is 0 Å². The summed E-state index contributed by atoms with van der Waals surface area (Å²) >= 11 is 0. The predicted molar refractivity (Wildman–Crippen MR) is 101 cm³/mol. The first-order chi connectivity index (χ1) is 12.8. The molecule has 1 aliphatic carbocycles. The molecule has 0 radical (unpaired) electrons. The summed E-state index contributed by atoms with van der Waals surface area (Å²) in [4.78, 5) is 16.8. The van der Waals surface area contributed by atoms with Crippen LogP contribution < -0.4 is 4.74 Å². The molecule has 3 aromatic rings. The van der Waals surface area contributed by atoms with E-state index in [1.54, 1.807) is 12.5 Å². The van der Waals surface area contributed by atoms with Gasteiger partial charge in [-0.15, -0.1) is 0 Å². The topological polar surface area (TPSA) is 44.1 Å². The van der Waals surface area contributed by atoms with E-state index in [1.165, 1.54) is 0 Å². The Morgan fingerprint density at radius 3 is 2.81 bits per heavy atom. The molecule has 0 aliphatic heterocycles. The van der Waals surface area contributed by atoms with Gasteiger partial charge in [0, 0.05) is 23.5 Å². The molecule has 0 saturated carbocycles. The van der Waals surface area contributed by atoms with E-state index in [1.807, 2.05) is 65.4 Å². The average Bonchev–Trinajstić information content (AvgIpc) is 3.18. The van der Waals surface area contributed by atoms with E-state index in [9.17, 15) is 4.79 Å². The minimum absolute atomic E-state index is 0.125. The molecule has 26 heavy (non-hydrogen) atoms. The molecule has 130 valence electrons. The molecule has 0 saturated heterocycles. The first-order valence-corrected chi connectivity index (χ1v) is 8.81. The molecule has 0 spiro atoms. The van der Waals surface area contributed by atoms with E-state index in [0.29, 0.717) is 6.61 Å². The first kappa shape index (κ1) is 16.3. The molecule has 4 nitrogen and oxygen atoms in total. The lowest BCUT2D eigenvalue weighted by Crippen LogP contribution is -2.14. The van der Waals surface area contributed by atoms with Gasteiger partial charge in [0.05, 0.1) is 12.9 Å². The maximum Gasteiger partial charge on any atom is 0.189 e. The van der Waals surface area contributed by atoms with Crippen LogP contribution in [0.3, 0.4) is 0 Å². The van der Waals surface area contributed by atoms with Gasteiger partial charge in [-0.05, 0) is 48.2 Å². The number of aromatic nitrogens is 2. The number of fused-ring (bicyclic) bond motifs is 1. The van der Waals surface area contributed by atoms with Gasteiger partial charge in [0.1, 0.15) is 12.4 Å². The lowest BCUT2D eigenvalue weighted by atomic mass is 9.86. The van der Waals surface area contributed by atoms with Gasteiger partial charge >= 0.3 is 0 Å². The third-order valence-corrected chi connectivity index (χ3v) is 4.59. The van der Waals surface area contributed by atoms with E-state index in [2.05, 4.69) is 4.98 Å². The molecular formula is C22H20N2O2. The third-order valence-electron chi connectivity index (χ3n) is 4.59. The molecule has 4 heteroatoms. The fraction of sp³-hybridized carbons (Fsp3) is 0.182. The number of carbonyl (C=O) groups excluding carboxylic acids is 1. The van der Waals surface area contributed by atoms with Crippen molar-refractivity contribution < 1.29 is 9.53 Å². The highest BCUT2D eigenvalue weighted by atomic mass is 16.5. The normalized spacial score (nSPS) is 15.1. The Morgan fingerprint density at radius 1 is 1.12 bits per heavy atom. The molecular weight excluding hydrogens is 324 g/mol. The molecule has 0 bridgehead atoms. The molecule has 0 fully saturated rings. The fourth-order valence-electron chi connectivity index (χ4n) is 3.22. The number of ketones is 1. The zero-order valence-corrected chi connectivity index (χ0v) is 14.5. The number of allylic oxidation sites excluding steroid dienone is 1. The zero-order chi connectivity index (χ0) is 17.8. The van der Waals surface area contributed by atoms with Crippen molar-refractivity contribution in [2.24, 2.45) is 0 Å². The van der Waals surface area contributed by atoms with E-state index < -0.39 is 0 Å². The number of nitrogens with zero attached hydrogens (tertiary/aromatic N) is 2. The van der Waals surface area contributed by atoms with Crippen LogP contribution in [0.15, 0.2) is 72.8 Å². The number of hydrogen-bond acceptors (Lipinski definition) is 3. The minimum atomic E-state index is 0.125. The number of aryl methyl sites for hydroxylation is 1. The Bertz CT molecular complexity index is 928. The van der Waals surface area contributed by atoms with Crippen LogP contribution in [0, 0.1) is 0 Å². The van der Waals surface area contributed by atoms with Gasteiger partial charge in [-0.1, -0.05) is 30.3 Å². The van der Waals surface area contributed by atoms with Crippen LogP contribution >= 0.6 is 0 Å². The van der Waals surface area contributed by atoms with Crippen molar-refractivity contribution in [3.05, 3.63) is 89.5 Å². The maximum absolute atomic E-state index is 12.8. The summed E-state index contributed by atoms with van der Waals surface area (Å²) in [5.41, 5.74) is 3.80. The van der Waals surface area contributed by atoms with Crippen LogP contribution in [-0.4, -0.2) is 21.9 Å². The van der Waals surface area contributed by atoms with Gasteiger partial charge in [0.15, 0.2) is 5.78 Å². The van der Waals surface area contributed by atoms with E-state index in [0.717, 1.165) is 47.4 Å². The maximum atomic E-state index is 12.8. The van der Waals surface area contributed by atoms with Crippen LogP contribution in [0.4, 0.5) is 0 Å². The van der Waals surface area contributed by atoms with Gasteiger partial charge in [-0.25, -0.2) is 4.98 Å². The summed E-state index contributed by atoms with van der Waals surface area (Å²) in [6.07, 6.45) is 9.06. The Labute approximate surface area is 152 Å². The molecule has 1 aliphatic rings. The number of ether oxygens (including phenoxy) is 1. The first-order valence-electron chi connectivity index (χ1n) is 8.81. The molecule has 2 aromatic carbocycles. The van der Waals surface area contributed by atoms with Crippen LogP contribution in [0.2, 0.25) is 0 Å². The van der Waals surface area contributed by atoms with Crippen molar-refractivity contribution in [3.63, 3.8) is 0 Å². The van der Waals surface area contributed by atoms with Crippen LogP contribution in [0.1, 0.15) is 27.9 Å². The van der Waals surface area contributed by atoms with Crippen LogP contribution in [-0.2, 0) is 13.0 Å². The summed E-state index contributed by atoms with van der Waals surface area (Å²) in [5.74, 6) is 0.937. The van der Waals surface area contributed by atoms with Crippen molar-refractivity contribution in [3.8, 4) is 5.75 Å². The Hall–Kier alpha value is -3.14. The summed E-state index contributed by atoms with van der Waals surface area (Å²) < 4.78 is 7.80. The molecule has 1 heterocycles. The number of Topliss-reactive ketones (excluding diaryl/α,β-unsaturated/α-hetero) is 1. The third kappa shape index (κ3) is 3.59. The highest BCUT2D eigenvalue weighted by Crippen LogP contribution is 2.29. The van der Waals surface area contributed by atoms with Crippen molar-refractivity contribution in [2.75, 3.05) is 6.61 Å². The van der Waals surface area contributed by atoms with Crippen LogP contribution in [0.25, 0.3) is 6.08 Å². The van der Waals surface area contributed by atoms with Gasteiger partial charge < -0.3 is 9.30 Å². The second-order valence-electron chi connectivity index (χ2n) is 6.38. The Morgan fingerprint density at radius 2 is 2.00 bits per heavy atom. The van der Waals surface area contributed by atoms with Gasteiger partial charge in [0.25, 0.3) is 0 Å². The van der Waals surface area contributed by atoms with Gasteiger partial charge in [0.2, 0.25) is 0 Å². The Kier molecular flexibility index (Phi) is 4.65. The summed E-state index contributed by atoms with van der Waals surface area (Å²) in [5, 5.41) is 0. The zero-order valence-electron chi connectivity index (χ0n) is 14.5. The van der Waals surface area contributed by atoms with Crippen LogP contribution in [0.5, 0.6) is 5.75 Å². The Balaban J connectivity index is 1.46. The average molecular weight is 344 g/mol. The summed E-state index contributed by atoms with van der Waals surface area (Å²) in [6.45, 7) is 1.32. The molecule has 0 atom stereocenters. The second kappa shape index (κ2) is 7.40. The molecule has 0 N–H and O–H groups in total. The molecule has 0 amide bonds. The monoisotopic (exact) mass is 344 g/mol.